The maximum absolute atomic E-state index is 14.1. The van der Waals surface area contributed by atoms with E-state index in [9.17, 15) is 4.79 Å². The summed E-state index contributed by atoms with van der Waals surface area (Å²) in [6.45, 7) is 4.06. The summed E-state index contributed by atoms with van der Waals surface area (Å²) in [4.78, 5) is 19.1. The lowest BCUT2D eigenvalue weighted by molar-refractivity contribution is -0.0166. The zero-order valence-electron chi connectivity index (χ0n) is 21.0. The van der Waals surface area contributed by atoms with E-state index < -0.39 is 0 Å². The van der Waals surface area contributed by atoms with Gasteiger partial charge in [-0.3, -0.25) is 4.79 Å². The van der Waals surface area contributed by atoms with Gasteiger partial charge in [-0.2, -0.15) is 5.10 Å². The summed E-state index contributed by atoms with van der Waals surface area (Å²) in [6.07, 6.45) is 7.46. The average Bonchev–Trinajstić information content (AvgIpc) is 3.19. The predicted molar refractivity (Wildman–Crippen MR) is 142 cm³/mol. The van der Waals surface area contributed by atoms with Gasteiger partial charge >= 0.3 is 0 Å². The van der Waals surface area contributed by atoms with Crippen molar-refractivity contribution in [1.82, 2.24) is 20.1 Å². The van der Waals surface area contributed by atoms with Crippen LogP contribution in [0.5, 0.6) is 0 Å². The molecule has 0 atom stereocenters. The molecule has 5 heteroatoms. The van der Waals surface area contributed by atoms with Gasteiger partial charge in [-0.15, -0.1) is 0 Å². The van der Waals surface area contributed by atoms with E-state index in [0.717, 1.165) is 70.7 Å². The molecule has 4 aliphatic carbocycles. The summed E-state index contributed by atoms with van der Waals surface area (Å²) in [7, 11) is 0. The lowest BCUT2D eigenvalue weighted by Crippen LogP contribution is -2.59. The molecule has 4 bridgehead atoms. The van der Waals surface area contributed by atoms with Gasteiger partial charge in [0.15, 0.2) is 5.65 Å². The summed E-state index contributed by atoms with van der Waals surface area (Å²) in [6, 6.07) is 20.4. The monoisotopic (exact) mass is 476 g/mol. The number of hydrogen-bond acceptors (Lipinski definition) is 3. The van der Waals surface area contributed by atoms with Crippen molar-refractivity contribution in [2.75, 3.05) is 0 Å². The number of aryl methyl sites for hydroxylation is 2. The molecule has 2 heterocycles. The molecule has 1 N–H and O–H groups in total. The molecule has 0 aliphatic heterocycles. The van der Waals surface area contributed by atoms with Crippen LogP contribution in [-0.4, -0.2) is 26.2 Å². The fraction of sp³-hybridized carbons (Fsp3) is 0.387. The minimum absolute atomic E-state index is 0.0214. The van der Waals surface area contributed by atoms with Gasteiger partial charge in [0.1, 0.15) is 0 Å². The van der Waals surface area contributed by atoms with Crippen LogP contribution in [0.4, 0.5) is 0 Å². The summed E-state index contributed by atoms with van der Waals surface area (Å²) in [5.74, 6) is 2.35. The van der Waals surface area contributed by atoms with Crippen molar-refractivity contribution in [2.45, 2.75) is 57.9 Å². The number of fused-ring (bicyclic) bond motifs is 1. The lowest BCUT2D eigenvalue weighted by atomic mass is 9.53. The summed E-state index contributed by atoms with van der Waals surface area (Å²) in [5.41, 5.74) is 6.14. The molecule has 0 unspecified atom stereocenters. The van der Waals surface area contributed by atoms with E-state index in [1.54, 1.807) is 0 Å². The molecular weight excluding hydrogens is 444 g/mol. The molecule has 4 fully saturated rings. The number of rotatable bonds is 4. The Morgan fingerprint density at radius 2 is 1.56 bits per heavy atom. The van der Waals surface area contributed by atoms with Gasteiger partial charge in [0.2, 0.25) is 0 Å². The van der Waals surface area contributed by atoms with Crippen molar-refractivity contribution < 1.29 is 4.79 Å². The van der Waals surface area contributed by atoms with Crippen LogP contribution in [0, 0.1) is 31.6 Å². The highest BCUT2D eigenvalue weighted by Gasteiger charge is 2.51. The molecule has 0 radical (unpaired) electrons. The Bertz CT molecular complexity index is 1430. The van der Waals surface area contributed by atoms with Crippen molar-refractivity contribution in [1.29, 1.82) is 0 Å². The first kappa shape index (κ1) is 21.8. The molecule has 4 saturated carbocycles. The van der Waals surface area contributed by atoms with Gasteiger partial charge in [-0.25, -0.2) is 9.67 Å². The Morgan fingerprint density at radius 1 is 0.917 bits per heavy atom. The molecule has 2 aromatic carbocycles. The third kappa shape index (κ3) is 3.56. The first-order valence-corrected chi connectivity index (χ1v) is 13.3. The first-order valence-electron chi connectivity index (χ1n) is 13.3. The van der Waals surface area contributed by atoms with Crippen LogP contribution in [0.3, 0.4) is 0 Å². The van der Waals surface area contributed by atoms with Crippen LogP contribution in [0.25, 0.3) is 28.0 Å². The van der Waals surface area contributed by atoms with Crippen molar-refractivity contribution in [3.05, 3.63) is 77.5 Å². The molecule has 0 saturated heterocycles. The van der Waals surface area contributed by atoms with Gasteiger partial charge in [-0.05, 0) is 88.3 Å². The van der Waals surface area contributed by atoms with Gasteiger partial charge in [0.05, 0.1) is 28.0 Å². The minimum atomic E-state index is -0.0464. The van der Waals surface area contributed by atoms with E-state index in [1.165, 1.54) is 24.8 Å². The van der Waals surface area contributed by atoms with Crippen molar-refractivity contribution in [3.8, 4) is 16.9 Å². The third-order valence-corrected chi connectivity index (χ3v) is 8.82. The molecule has 4 aromatic rings. The zero-order valence-corrected chi connectivity index (χ0v) is 21.0. The normalized spacial score (nSPS) is 26.4. The zero-order chi connectivity index (χ0) is 24.4. The smallest absolute Gasteiger partial charge is 0.252 e. The number of benzene rings is 2. The van der Waals surface area contributed by atoms with E-state index in [4.69, 9.17) is 10.1 Å². The molecule has 4 aliphatic rings. The second-order valence-corrected chi connectivity index (χ2v) is 11.6. The number of carbonyl (C=O) groups excluding carboxylic acids is 1. The van der Waals surface area contributed by atoms with E-state index in [1.807, 2.05) is 48.0 Å². The van der Waals surface area contributed by atoms with E-state index >= 15 is 0 Å². The highest BCUT2D eigenvalue weighted by Crippen LogP contribution is 2.55. The van der Waals surface area contributed by atoms with Crippen LogP contribution in [0.1, 0.15) is 60.1 Å². The number of hydrogen-bond donors (Lipinski definition) is 1. The largest absolute Gasteiger partial charge is 0.347 e. The molecule has 0 spiro atoms. The fourth-order valence-electron chi connectivity index (χ4n) is 7.66. The van der Waals surface area contributed by atoms with Gasteiger partial charge in [-0.1, -0.05) is 48.0 Å². The molecule has 36 heavy (non-hydrogen) atoms. The summed E-state index contributed by atoms with van der Waals surface area (Å²) in [5, 5.41) is 9.30. The van der Waals surface area contributed by atoms with E-state index in [-0.39, 0.29) is 11.4 Å². The van der Waals surface area contributed by atoms with Gasteiger partial charge in [0, 0.05) is 11.1 Å². The molecule has 8 rings (SSSR count). The summed E-state index contributed by atoms with van der Waals surface area (Å²) < 4.78 is 1.89. The average molecular weight is 477 g/mol. The molecular formula is C31H32N4O. The van der Waals surface area contributed by atoms with Crippen LogP contribution < -0.4 is 5.32 Å². The maximum Gasteiger partial charge on any atom is 0.252 e. The van der Waals surface area contributed by atoms with Crippen molar-refractivity contribution in [3.63, 3.8) is 0 Å². The molecule has 5 nitrogen and oxygen atoms in total. The van der Waals surface area contributed by atoms with Crippen LogP contribution in [-0.2, 0) is 0 Å². The number of nitrogens with one attached hydrogen (secondary N) is 1. The Balaban J connectivity index is 1.36. The Kier molecular flexibility index (Phi) is 4.85. The van der Waals surface area contributed by atoms with E-state index in [2.05, 4.69) is 36.5 Å². The topological polar surface area (TPSA) is 59.8 Å². The van der Waals surface area contributed by atoms with Crippen LogP contribution >= 0.6 is 0 Å². The second-order valence-electron chi connectivity index (χ2n) is 11.6. The molecule has 1 amide bonds. The lowest BCUT2D eigenvalue weighted by Gasteiger charge is -2.56. The standard InChI is InChI=1S/C31H32N4O/c1-19-8-10-25(11-9-19)35-29-28(20(2)34-35)26(15-27(32-29)24-6-4-3-5-7-24)30(36)33-31-16-21-12-22(17-31)14-23(13-21)18-31/h3-11,15,21-23H,12-14,16-18H2,1-2H3,(H,33,36). The SMILES string of the molecule is Cc1ccc(-n2nc(C)c3c(C(=O)NC45CC6CC(CC(C6)C4)C5)cc(-c4ccccc4)nc32)cc1. The van der Waals surface area contributed by atoms with Crippen LogP contribution in [0.2, 0.25) is 0 Å². The quantitative estimate of drug-likeness (QED) is 0.371. The number of aromatic nitrogens is 3. The fourth-order valence-corrected chi connectivity index (χ4v) is 7.66. The highest BCUT2D eigenvalue weighted by molar-refractivity contribution is 6.08. The predicted octanol–water partition coefficient (Wildman–Crippen LogP) is 6.40. The van der Waals surface area contributed by atoms with Gasteiger partial charge in [0.25, 0.3) is 5.91 Å². The number of pyridine rings is 1. The van der Waals surface area contributed by atoms with Crippen molar-refractivity contribution >= 4 is 16.9 Å². The second kappa shape index (κ2) is 8.02. The number of carbonyl (C=O) groups is 1. The maximum atomic E-state index is 14.1. The Labute approximate surface area is 211 Å². The molecule has 2 aromatic heterocycles. The van der Waals surface area contributed by atoms with Crippen LogP contribution in [0.15, 0.2) is 60.7 Å². The van der Waals surface area contributed by atoms with Crippen molar-refractivity contribution in [2.24, 2.45) is 17.8 Å². The Hall–Kier alpha value is -3.47. The number of amides is 1. The number of nitrogens with zero attached hydrogens (tertiary/aromatic N) is 3. The van der Waals surface area contributed by atoms with E-state index in [0.29, 0.717) is 5.56 Å². The Morgan fingerprint density at radius 3 is 2.19 bits per heavy atom. The summed E-state index contributed by atoms with van der Waals surface area (Å²) >= 11 is 0. The minimum Gasteiger partial charge on any atom is -0.347 e. The van der Waals surface area contributed by atoms with Gasteiger partial charge < -0.3 is 5.32 Å². The third-order valence-electron chi connectivity index (χ3n) is 8.82. The highest BCUT2D eigenvalue weighted by atomic mass is 16.1. The molecule has 182 valence electrons. The first-order chi connectivity index (χ1) is 17.5.